The van der Waals surface area contributed by atoms with Crippen LogP contribution in [-0.4, -0.2) is 43.2 Å². The van der Waals surface area contributed by atoms with Gasteiger partial charge in [0.1, 0.15) is 0 Å². The zero-order valence-electron chi connectivity index (χ0n) is 16.9. The Balaban J connectivity index is 1.63. The monoisotopic (exact) mass is 387 g/mol. The van der Waals surface area contributed by atoms with E-state index in [2.05, 4.69) is 31.0 Å². The molecule has 3 fully saturated rings. The molecule has 1 aliphatic heterocycles. The molecule has 2 bridgehead atoms. The number of non-ortho nitro benzene ring substituents is 1. The van der Waals surface area contributed by atoms with Crippen molar-refractivity contribution < 1.29 is 14.5 Å². The highest BCUT2D eigenvalue weighted by Gasteiger charge is 2.61. The quantitative estimate of drug-likeness (QED) is 0.632. The Bertz CT molecular complexity index is 803. The summed E-state index contributed by atoms with van der Waals surface area (Å²) in [5, 5.41) is 14.5. The highest BCUT2D eigenvalue weighted by Crippen LogP contribution is 2.65. The number of rotatable bonds is 4. The van der Waals surface area contributed by atoms with Crippen LogP contribution in [0.1, 0.15) is 50.4 Å². The van der Waals surface area contributed by atoms with Crippen LogP contribution in [0.5, 0.6) is 0 Å². The number of hydrogen-bond acceptors (Lipinski definition) is 5. The van der Waals surface area contributed by atoms with Gasteiger partial charge in [0, 0.05) is 31.3 Å². The molecule has 0 radical (unpaired) electrons. The van der Waals surface area contributed by atoms with Crippen LogP contribution in [0, 0.1) is 26.9 Å². The molecule has 1 N–H and O–H groups in total. The minimum absolute atomic E-state index is 0.0540. The van der Waals surface area contributed by atoms with Gasteiger partial charge in [0.15, 0.2) is 0 Å². The first-order valence-electron chi connectivity index (χ1n) is 10.2. The van der Waals surface area contributed by atoms with Gasteiger partial charge in [0.25, 0.3) is 11.6 Å². The predicted octanol–water partition coefficient (Wildman–Crippen LogP) is 3.38. The van der Waals surface area contributed by atoms with Crippen molar-refractivity contribution in [3.63, 3.8) is 0 Å². The summed E-state index contributed by atoms with van der Waals surface area (Å²) < 4.78 is 5.41. The number of nitrogens with one attached hydrogen (secondary N) is 1. The van der Waals surface area contributed by atoms with E-state index in [1.807, 2.05) is 0 Å². The standard InChI is InChI=1S/C21H29N3O4/c1-20(2)14-6-7-21(20,3)18(12-14)22-19(25)16-13-15(24(26)27)4-5-17(16)23-8-10-28-11-9-23/h4-5,13-14,18H,6-12H2,1-3H3,(H,22,25)/t14-,18+,21-/m0/s1. The Labute approximate surface area is 165 Å². The average Bonchev–Trinajstić information content (AvgIpc) is 3.01. The molecule has 1 amide bonds. The number of nitro benzene ring substituents is 1. The van der Waals surface area contributed by atoms with Gasteiger partial charge >= 0.3 is 0 Å². The molecular formula is C21H29N3O4. The van der Waals surface area contributed by atoms with Crippen molar-refractivity contribution in [3.05, 3.63) is 33.9 Å². The molecule has 0 unspecified atom stereocenters. The number of fused-ring (bicyclic) bond motifs is 2. The molecular weight excluding hydrogens is 358 g/mol. The second-order valence-electron chi connectivity index (χ2n) is 9.19. The average molecular weight is 387 g/mol. The van der Waals surface area contributed by atoms with Crippen LogP contribution in [0.25, 0.3) is 0 Å². The second kappa shape index (κ2) is 6.72. The van der Waals surface area contributed by atoms with Gasteiger partial charge in [-0.2, -0.15) is 0 Å². The SMILES string of the molecule is CC1(C)[C@H]2CC[C@@]1(C)[C@H](NC(=O)c1cc([N+](=O)[O-])ccc1N1CCOCC1)C2. The third-order valence-corrected chi connectivity index (χ3v) is 7.89. The summed E-state index contributed by atoms with van der Waals surface area (Å²) in [6, 6.07) is 4.69. The van der Waals surface area contributed by atoms with E-state index in [4.69, 9.17) is 4.74 Å². The Morgan fingerprint density at radius 3 is 2.57 bits per heavy atom. The van der Waals surface area contributed by atoms with Gasteiger partial charge < -0.3 is 15.0 Å². The third kappa shape index (κ3) is 2.87. The first-order valence-corrected chi connectivity index (χ1v) is 10.2. The smallest absolute Gasteiger partial charge is 0.270 e. The highest BCUT2D eigenvalue weighted by atomic mass is 16.6. The molecule has 1 saturated heterocycles. The maximum absolute atomic E-state index is 13.3. The van der Waals surface area contributed by atoms with Crippen molar-refractivity contribution in [2.45, 2.75) is 46.1 Å². The van der Waals surface area contributed by atoms with Crippen molar-refractivity contribution in [2.24, 2.45) is 16.7 Å². The number of carbonyl (C=O) groups is 1. The van der Waals surface area contributed by atoms with E-state index in [-0.39, 0.29) is 28.5 Å². The summed E-state index contributed by atoms with van der Waals surface area (Å²) in [5.74, 6) is 0.409. The Hall–Kier alpha value is -2.15. The van der Waals surface area contributed by atoms with E-state index in [0.717, 1.165) is 18.5 Å². The molecule has 3 aliphatic rings. The highest BCUT2D eigenvalue weighted by molar-refractivity contribution is 6.00. The van der Waals surface area contributed by atoms with E-state index in [1.54, 1.807) is 6.07 Å². The summed E-state index contributed by atoms with van der Waals surface area (Å²) >= 11 is 0. The minimum Gasteiger partial charge on any atom is -0.378 e. The molecule has 2 saturated carbocycles. The zero-order chi connectivity index (χ0) is 20.1. The van der Waals surface area contributed by atoms with Crippen LogP contribution >= 0.6 is 0 Å². The number of benzene rings is 1. The molecule has 4 rings (SSSR count). The number of nitrogens with zero attached hydrogens (tertiary/aromatic N) is 2. The Morgan fingerprint density at radius 2 is 2.00 bits per heavy atom. The largest absolute Gasteiger partial charge is 0.378 e. The van der Waals surface area contributed by atoms with Crippen LogP contribution in [0.15, 0.2) is 18.2 Å². The first-order chi connectivity index (χ1) is 13.2. The summed E-state index contributed by atoms with van der Waals surface area (Å²) in [4.78, 5) is 26.2. The van der Waals surface area contributed by atoms with Gasteiger partial charge in [-0.1, -0.05) is 20.8 Å². The lowest BCUT2D eigenvalue weighted by atomic mass is 9.69. The molecule has 0 aromatic heterocycles. The van der Waals surface area contributed by atoms with Crippen LogP contribution < -0.4 is 10.2 Å². The molecule has 7 heteroatoms. The van der Waals surface area contributed by atoms with Gasteiger partial charge in [0.2, 0.25) is 0 Å². The van der Waals surface area contributed by atoms with E-state index in [0.29, 0.717) is 37.8 Å². The lowest BCUT2D eigenvalue weighted by molar-refractivity contribution is -0.384. The number of nitro groups is 1. The van der Waals surface area contributed by atoms with Crippen LogP contribution in [0.3, 0.4) is 0 Å². The fourth-order valence-electron chi connectivity index (χ4n) is 5.56. The molecule has 28 heavy (non-hydrogen) atoms. The zero-order valence-corrected chi connectivity index (χ0v) is 16.9. The van der Waals surface area contributed by atoms with E-state index >= 15 is 0 Å². The van der Waals surface area contributed by atoms with Gasteiger partial charge in [-0.15, -0.1) is 0 Å². The third-order valence-electron chi connectivity index (χ3n) is 7.89. The summed E-state index contributed by atoms with van der Waals surface area (Å²) in [5.41, 5.74) is 1.34. The summed E-state index contributed by atoms with van der Waals surface area (Å²) in [7, 11) is 0. The van der Waals surface area contributed by atoms with E-state index in [1.165, 1.54) is 18.6 Å². The number of amides is 1. The fourth-order valence-corrected chi connectivity index (χ4v) is 5.56. The molecule has 0 spiro atoms. The number of hydrogen-bond donors (Lipinski definition) is 1. The van der Waals surface area contributed by atoms with Gasteiger partial charge in [-0.3, -0.25) is 14.9 Å². The molecule has 3 atom stereocenters. The molecule has 152 valence electrons. The number of ether oxygens (including phenoxy) is 1. The maximum atomic E-state index is 13.3. The lowest BCUT2D eigenvalue weighted by Gasteiger charge is -2.39. The van der Waals surface area contributed by atoms with Crippen LogP contribution in [0.2, 0.25) is 0 Å². The van der Waals surface area contributed by atoms with Crippen LogP contribution in [-0.2, 0) is 4.74 Å². The van der Waals surface area contributed by atoms with Crippen molar-refractivity contribution >= 4 is 17.3 Å². The lowest BCUT2D eigenvalue weighted by Crippen LogP contribution is -2.47. The molecule has 1 aromatic rings. The number of carbonyl (C=O) groups excluding carboxylic acids is 1. The van der Waals surface area contributed by atoms with Crippen LogP contribution in [0.4, 0.5) is 11.4 Å². The second-order valence-corrected chi connectivity index (χ2v) is 9.19. The Morgan fingerprint density at radius 1 is 1.29 bits per heavy atom. The van der Waals surface area contributed by atoms with Gasteiger partial charge in [0.05, 0.1) is 29.4 Å². The predicted molar refractivity (Wildman–Crippen MR) is 107 cm³/mol. The molecule has 1 aromatic carbocycles. The van der Waals surface area contributed by atoms with Crippen molar-refractivity contribution in [3.8, 4) is 0 Å². The summed E-state index contributed by atoms with van der Waals surface area (Å²) in [6.45, 7) is 9.43. The molecule has 2 aliphatic carbocycles. The van der Waals surface area contributed by atoms with E-state index < -0.39 is 4.92 Å². The number of anilines is 1. The first kappa shape index (κ1) is 19.2. The topological polar surface area (TPSA) is 84.7 Å². The summed E-state index contributed by atoms with van der Waals surface area (Å²) in [6.07, 6.45) is 3.31. The maximum Gasteiger partial charge on any atom is 0.270 e. The van der Waals surface area contributed by atoms with Gasteiger partial charge in [-0.05, 0) is 42.1 Å². The number of morpholine rings is 1. The molecule has 7 nitrogen and oxygen atoms in total. The Kier molecular flexibility index (Phi) is 4.61. The van der Waals surface area contributed by atoms with Crippen molar-refractivity contribution in [1.82, 2.24) is 5.32 Å². The van der Waals surface area contributed by atoms with Gasteiger partial charge in [-0.25, -0.2) is 0 Å². The van der Waals surface area contributed by atoms with E-state index in [9.17, 15) is 14.9 Å². The molecule has 1 heterocycles. The normalized spacial score (nSPS) is 31.0. The minimum atomic E-state index is -0.443. The van der Waals surface area contributed by atoms with Crippen molar-refractivity contribution in [1.29, 1.82) is 0 Å². The van der Waals surface area contributed by atoms with Crippen molar-refractivity contribution in [2.75, 3.05) is 31.2 Å². The fraction of sp³-hybridized carbons (Fsp3) is 0.667.